The Morgan fingerprint density at radius 1 is 0.821 bits per heavy atom. The molecule has 0 amide bonds. The van der Waals surface area contributed by atoms with E-state index in [9.17, 15) is 0 Å². The van der Waals surface area contributed by atoms with Crippen LogP contribution in [0.5, 0.6) is 5.75 Å². The lowest BCUT2D eigenvalue weighted by Gasteiger charge is -2.09. The molecule has 0 unspecified atom stereocenters. The molecule has 3 heteroatoms. The topological polar surface area (TPSA) is 42.4 Å². The van der Waals surface area contributed by atoms with Gasteiger partial charge in [-0.3, -0.25) is 0 Å². The van der Waals surface area contributed by atoms with E-state index < -0.39 is 0 Å². The van der Waals surface area contributed by atoms with Gasteiger partial charge in [0.15, 0.2) is 0 Å². The average Bonchev–Trinajstić information content (AvgIpc) is 3.55. The predicted octanol–water partition coefficient (Wildman–Crippen LogP) is 6.46. The lowest BCUT2D eigenvalue weighted by atomic mass is 10.0. The smallest absolute Gasteiger partial charge is 0.145 e. The van der Waals surface area contributed by atoms with Gasteiger partial charge in [0.2, 0.25) is 0 Å². The van der Waals surface area contributed by atoms with Gasteiger partial charge in [0.05, 0.1) is 6.61 Å². The van der Waals surface area contributed by atoms with Crippen LogP contribution >= 0.6 is 0 Å². The van der Waals surface area contributed by atoms with Gasteiger partial charge in [-0.15, -0.1) is 0 Å². The van der Waals surface area contributed by atoms with Crippen LogP contribution in [0.4, 0.5) is 0 Å². The van der Waals surface area contributed by atoms with Crippen LogP contribution < -0.4 is 4.74 Å². The SMILES string of the molecule is OCCCCCCCCCCCCc1ccc2cccc(OCC3CC3)c2n1. The molecule has 3 rings (SSSR count). The molecular formula is C25H37NO2. The third-order valence-electron chi connectivity index (χ3n) is 5.75. The minimum absolute atomic E-state index is 0.348. The molecule has 0 bridgehead atoms. The number of fused-ring (bicyclic) bond motifs is 1. The molecule has 1 aliphatic carbocycles. The number of para-hydroxylation sites is 1. The van der Waals surface area contributed by atoms with Gasteiger partial charge in [0.1, 0.15) is 11.3 Å². The van der Waals surface area contributed by atoms with Gasteiger partial charge < -0.3 is 9.84 Å². The monoisotopic (exact) mass is 383 g/mol. The Labute approximate surface area is 170 Å². The van der Waals surface area contributed by atoms with Crippen molar-refractivity contribution in [3.8, 4) is 5.75 Å². The Morgan fingerprint density at radius 2 is 1.50 bits per heavy atom. The molecule has 1 aromatic carbocycles. The zero-order valence-electron chi connectivity index (χ0n) is 17.4. The molecule has 1 heterocycles. The number of rotatable bonds is 15. The van der Waals surface area contributed by atoms with Crippen molar-refractivity contribution in [1.29, 1.82) is 0 Å². The zero-order chi connectivity index (χ0) is 19.4. The van der Waals surface area contributed by atoms with Crippen LogP contribution in [-0.4, -0.2) is 23.3 Å². The molecule has 0 aliphatic heterocycles. The van der Waals surface area contributed by atoms with Crippen LogP contribution in [0.2, 0.25) is 0 Å². The number of hydrogen-bond acceptors (Lipinski definition) is 3. The largest absolute Gasteiger partial charge is 0.491 e. The summed E-state index contributed by atoms with van der Waals surface area (Å²) in [5.41, 5.74) is 2.22. The minimum atomic E-state index is 0.348. The molecule has 1 fully saturated rings. The number of unbranched alkanes of at least 4 members (excludes halogenated alkanes) is 9. The molecule has 1 saturated carbocycles. The van der Waals surface area contributed by atoms with Crippen LogP contribution in [0.15, 0.2) is 30.3 Å². The van der Waals surface area contributed by atoms with Gasteiger partial charge in [0.25, 0.3) is 0 Å². The Hall–Kier alpha value is -1.61. The summed E-state index contributed by atoms with van der Waals surface area (Å²) in [5.74, 6) is 1.71. The minimum Gasteiger partial charge on any atom is -0.491 e. The van der Waals surface area contributed by atoms with Gasteiger partial charge in [0, 0.05) is 17.7 Å². The van der Waals surface area contributed by atoms with Crippen molar-refractivity contribution in [2.45, 2.75) is 83.5 Å². The number of ether oxygens (including phenoxy) is 1. The Balaban J connectivity index is 1.33. The van der Waals surface area contributed by atoms with Gasteiger partial charge in [-0.05, 0) is 50.2 Å². The van der Waals surface area contributed by atoms with Gasteiger partial charge in [-0.1, -0.05) is 69.6 Å². The van der Waals surface area contributed by atoms with Crippen molar-refractivity contribution in [2.75, 3.05) is 13.2 Å². The second kappa shape index (κ2) is 12.1. The number of hydrogen-bond donors (Lipinski definition) is 1. The molecule has 0 spiro atoms. The maximum Gasteiger partial charge on any atom is 0.145 e. The van der Waals surface area contributed by atoms with Crippen LogP contribution in [0.25, 0.3) is 10.9 Å². The first-order valence-corrected chi connectivity index (χ1v) is 11.5. The van der Waals surface area contributed by atoms with E-state index in [1.807, 2.05) is 0 Å². The van der Waals surface area contributed by atoms with E-state index in [-0.39, 0.29) is 0 Å². The molecular weight excluding hydrogens is 346 g/mol. The third kappa shape index (κ3) is 7.43. The summed E-state index contributed by atoms with van der Waals surface area (Å²) in [7, 11) is 0. The van der Waals surface area contributed by atoms with E-state index >= 15 is 0 Å². The lowest BCUT2D eigenvalue weighted by Crippen LogP contribution is -2.01. The summed E-state index contributed by atoms with van der Waals surface area (Å²) < 4.78 is 6.03. The number of pyridine rings is 1. The summed E-state index contributed by atoms with van der Waals surface area (Å²) in [6.07, 6.45) is 16.4. The molecule has 0 radical (unpaired) electrons. The molecule has 1 aliphatic rings. The van der Waals surface area contributed by atoms with Crippen LogP contribution in [0, 0.1) is 5.92 Å². The average molecular weight is 384 g/mol. The van der Waals surface area contributed by atoms with Crippen LogP contribution in [0.1, 0.15) is 82.7 Å². The standard InChI is InChI=1S/C25H37NO2/c27-19-10-8-6-4-2-1-3-5-7-9-13-23-18-17-22-12-11-14-24(25(22)26-23)28-20-21-15-16-21/h11-12,14,17-18,21,27H,1-10,13,15-16,19-20H2. The molecule has 1 aromatic heterocycles. The van der Waals surface area contributed by atoms with E-state index in [0.717, 1.165) is 36.6 Å². The highest BCUT2D eigenvalue weighted by Gasteiger charge is 2.22. The summed E-state index contributed by atoms with van der Waals surface area (Å²) in [5, 5.41) is 9.95. The normalized spacial score (nSPS) is 13.9. The molecule has 1 N–H and O–H groups in total. The van der Waals surface area contributed by atoms with E-state index in [4.69, 9.17) is 14.8 Å². The van der Waals surface area contributed by atoms with Gasteiger partial charge in [-0.25, -0.2) is 4.98 Å². The third-order valence-corrected chi connectivity index (χ3v) is 5.75. The summed E-state index contributed by atoms with van der Waals surface area (Å²) in [6.45, 7) is 1.19. The van der Waals surface area contributed by atoms with Crippen molar-refractivity contribution in [3.63, 3.8) is 0 Å². The van der Waals surface area contributed by atoms with Crippen LogP contribution in [-0.2, 0) is 6.42 Å². The fourth-order valence-corrected chi connectivity index (χ4v) is 3.74. The first-order valence-electron chi connectivity index (χ1n) is 11.5. The van der Waals surface area contributed by atoms with Crippen molar-refractivity contribution in [3.05, 3.63) is 36.0 Å². The van der Waals surface area contributed by atoms with E-state index in [0.29, 0.717) is 6.61 Å². The molecule has 0 saturated heterocycles. The second-order valence-electron chi connectivity index (χ2n) is 8.39. The number of nitrogens with zero attached hydrogens (tertiary/aromatic N) is 1. The molecule has 28 heavy (non-hydrogen) atoms. The maximum atomic E-state index is 8.77. The Morgan fingerprint density at radius 3 is 2.18 bits per heavy atom. The van der Waals surface area contributed by atoms with E-state index in [1.54, 1.807) is 0 Å². The maximum absolute atomic E-state index is 8.77. The van der Waals surface area contributed by atoms with Crippen LogP contribution in [0.3, 0.4) is 0 Å². The number of aliphatic hydroxyl groups is 1. The first kappa shape index (κ1) is 21.1. The van der Waals surface area contributed by atoms with Crippen molar-refractivity contribution < 1.29 is 9.84 Å². The van der Waals surface area contributed by atoms with Gasteiger partial charge in [-0.2, -0.15) is 0 Å². The summed E-state index contributed by atoms with van der Waals surface area (Å²) in [4.78, 5) is 4.91. The number of aliphatic hydroxyl groups excluding tert-OH is 1. The highest BCUT2D eigenvalue weighted by molar-refractivity contribution is 5.84. The zero-order valence-corrected chi connectivity index (χ0v) is 17.4. The fraction of sp³-hybridized carbons (Fsp3) is 0.640. The Kier molecular flexibility index (Phi) is 9.09. The highest BCUT2D eigenvalue weighted by Crippen LogP contribution is 2.31. The molecule has 3 nitrogen and oxygen atoms in total. The number of benzene rings is 1. The predicted molar refractivity (Wildman–Crippen MR) is 117 cm³/mol. The number of aromatic nitrogens is 1. The molecule has 0 atom stereocenters. The second-order valence-corrected chi connectivity index (χ2v) is 8.39. The number of aryl methyl sites for hydroxylation is 1. The summed E-state index contributed by atoms with van der Waals surface area (Å²) in [6, 6.07) is 10.6. The quantitative estimate of drug-likeness (QED) is 0.359. The van der Waals surface area contributed by atoms with Crippen molar-refractivity contribution >= 4 is 10.9 Å². The van der Waals surface area contributed by atoms with Crippen molar-refractivity contribution in [2.24, 2.45) is 5.92 Å². The molecule has 2 aromatic rings. The fourth-order valence-electron chi connectivity index (χ4n) is 3.74. The van der Waals surface area contributed by atoms with E-state index in [2.05, 4.69) is 30.3 Å². The summed E-state index contributed by atoms with van der Waals surface area (Å²) >= 11 is 0. The van der Waals surface area contributed by atoms with Crippen molar-refractivity contribution in [1.82, 2.24) is 4.98 Å². The Bertz CT molecular complexity index is 696. The lowest BCUT2D eigenvalue weighted by molar-refractivity contribution is 0.282. The highest BCUT2D eigenvalue weighted by atomic mass is 16.5. The van der Waals surface area contributed by atoms with E-state index in [1.165, 1.54) is 81.7 Å². The molecule has 154 valence electrons. The van der Waals surface area contributed by atoms with Gasteiger partial charge >= 0.3 is 0 Å². The first-order chi connectivity index (χ1) is 13.9.